The van der Waals surface area contributed by atoms with Crippen LogP contribution in [0.25, 0.3) is 0 Å². The van der Waals surface area contributed by atoms with E-state index in [9.17, 15) is 0 Å². The number of allylic oxidation sites excluding steroid dienone is 1. The van der Waals surface area contributed by atoms with Gasteiger partial charge in [0.25, 0.3) is 0 Å². The van der Waals surface area contributed by atoms with E-state index in [-0.39, 0.29) is 0 Å². The fourth-order valence-corrected chi connectivity index (χ4v) is 2.43. The summed E-state index contributed by atoms with van der Waals surface area (Å²) in [7, 11) is 0. The minimum absolute atomic E-state index is 0.890. The summed E-state index contributed by atoms with van der Waals surface area (Å²) in [4.78, 5) is 2.45. The van der Waals surface area contributed by atoms with Crippen molar-refractivity contribution in [1.82, 2.24) is 4.90 Å². The second kappa shape index (κ2) is 8.13. The molecule has 0 N–H and O–H groups in total. The second-order valence-corrected chi connectivity index (χ2v) is 5.20. The van der Waals surface area contributed by atoms with Gasteiger partial charge in [-0.3, -0.25) is 4.90 Å². The van der Waals surface area contributed by atoms with Gasteiger partial charge >= 0.3 is 0 Å². The molecule has 0 saturated carbocycles. The molecule has 0 bridgehead atoms. The smallest absolute Gasteiger partial charge is 0.0594 e. The molecule has 19 heavy (non-hydrogen) atoms. The van der Waals surface area contributed by atoms with Crippen LogP contribution in [0.15, 0.2) is 36.4 Å². The van der Waals surface area contributed by atoms with E-state index < -0.39 is 0 Å². The van der Waals surface area contributed by atoms with Gasteiger partial charge in [0.1, 0.15) is 0 Å². The maximum absolute atomic E-state index is 5.34. The molecule has 2 nitrogen and oxygen atoms in total. The van der Waals surface area contributed by atoms with Crippen LogP contribution in [0.5, 0.6) is 0 Å². The fourth-order valence-electron chi connectivity index (χ4n) is 2.43. The van der Waals surface area contributed by atoms with Gasteiger partial charge in [-0.25, -0.2) is 0 Å². The molecule has 1 aromatic carbocycles. The van der Waals surface area contributed by atoms with Crippen molar-refractivity contribution in [1.29, 1.82) is 0 Å². The maximum Gasteiger partial charge on any atom is 0.0594 e. The van der Waals surface area contributed by atoms with E-state index in [0.29, 0.717) is 0 Å². The van der Waals surface area contributed by atoms with Gasteiger partial charge in [-0.15, -0.1) is 0 Å². The lowest BCUT2D eigenvalue weighted by Gasteiger charge is -2.25. The summed E-state index contributed by atoms with van der Waals surface area (Å²) in [5, 5.41) is 0. The van der Waals surface area contributed by atoms with E-state index in [1.165, 1.54) is 30.4 Å². The number of aryl methyl sites for hydroxylation is 2. The molecule has 0 spiro atoms. The van der Waals surface area contributed by atoms with Crippen molar-refractivity contribution in [2.24, 2.45) is 0 Å². The summed E-state index contributed by atoms with van der Waals surface area (Å²) in [5.74, 6) is 0. The van der Waals surface area contributed by atoms with E-state index in [0.717, 1.165) is 32.8 Å². The van der Waals surface area contributed by atoms with Crippen molar-refractivity contribution in [3.05, 3.63) is 47.5 Å². The third kappa shape index (κ3) is 5.17. The number of morpholine rings is 1. The van der Waals surface area contributed by atoms with Gasteiger partial charge in [-0.2, -0.15) is 0 Å². The van der Waals surface area contributed by atoms with Crippen LogP contribution in [0, 0.1) is 6.92 Å². The number of rotatable bonds is 6. The third-order valence-corrected chi connectivity index (χ3v) is 3.71. The Hall–Kier alpha value is -1.12. The first-order valence-electron chi connectivity index (χ1n) is 7.36. The Balaban J connectivity index is 1.60. The van der Waals surface area contributed by atoms with Crippen molar-refractivity contribution >= 4 is 0 Å². The molecule has 0 aromatic heterocycles. The molecule has 1 aliphatic heterocycles. The van der Waals surface area contributed by atoms with Gasteiger partial charge in [0.15, 0.2) is 0 Å². The molecule has 1 aromatic rings. The van der Waals surface area contributed by atoms with Crippen LogP contribution in [0.3, 0.4) is 0 Å². The highest BCUT2D eigenvalue weighted by Crippen LogP contribution is 2.10. The van der Waals surface area contributed by atoms with E-state index in [1.54, 1.807) is 0 Å². The van der Waals surface area contributed by atoms with Crippen LogP contribution < -0.4 is 0 Å². The molecule has 2 rings (SSSR count). The Morgan fingerprint density at radius 1 is 1.16 bits per heavy atom. The summed E-state index contributed by atoms with van der Waals surface area (Å²) in [6, 6.07) is 8.69. The molecule has 1 fully saturated rings. The quantitative estimate of drug-likeness (QED) is 0.574. The van der Waals surface area contributed by atoms with Crippen LogP contribution in [0.4, 0.5) is 0 Å². The monoisotopic (exact) mass is 259 g/mol. The first-order chi connectivity index (χ1) is 9.36. The normalized spacial score (nSPS) is 17.1. The van der Waals surface area contributed by atoms with Crippen LogP contribution >= 0.6 is 0 Å². The molecule has 0 unspecified atom stereocenters. The van der Waals surface area contributed by atoms with Crippen molar-refractivity contribution < 1.29 is 4.74 Å². The summed E-state index contributed by atoms with van der Waals surface area (Å²) >= 11 is 0. The van der Waals surface area contributed by atoms with Crippen molar-refractivity contribution in [3.8, 4) is 0 Å². The average Bonchev–Trinajstić information content (AvgIpc) is 2.45. The Kier molecular flexibility index (Phi) is 6.12. The van der Waals surface area contributed by atoms with Gasteiger partial charge < -0.3 is 4.74 Å². The number of hydrogen-bond donors (Lipinski definition) is 0. The molecule has 0 aliphatic carbocycles. The lowest BCUT2D eigenvalue weighted by atomic mass is 10.0. The van der Waals surface area contributed by atoms with Crippen LogP contribution in [-0.2, 0) is 11.2 Å². The molecule has 1 saturated heterocycles. The fraction of sp³-hybridized carbons (Fsp3) is 0.529. The number of unbranched alkanes of at least 4 members (excludes halogenated alkanes) is 1. The first kappa shape index (κ1) is 14.3. The summed E-state index contributed by atoms with van der Waals surface area (Å²) in [6.45, 7) is 7.21. The van der Waals surface area contributed by atoms with Crippen molar-refractivity contribution in [3.63, 3.8) is 0 Å². The van der Waals surface area contributed by atoms with Gasteiger partial charge in [0.2, 0.25) is 0 Å². The zero-order valence-corrected chi connectivity index (χ0v) is 12.0. The number of ether oxygens (including phenoxy) is 1. The van der Waals surface area contributed by atoms with Crippen molar-refractivity contribution in [2.45, 2.75) is 26.2 Å². The van der Waals surface area contributed by atoms with Gasteiger partial charge in [0, 0.05) is 19.6 Å². The number of nitrogens with zero attached hydrogens (tertiary/aromatic N) is 1. The van der Waals surface area contributed by atoms with Crippen LogP contribution in [0.2, 0.25) is 0 Å². The van der Waals surface area contributed by atoms with E-state index in [4.69, 9.17) is 4.74 Å². The Labute approximate surface area is 117 Å². The van der Waals surface area contributed by atoms with E-state index in [2.05, 4.69) is 48.2 Å². The predicted molar refractivity (Wildman–Crippen MR) is 80.5 cm³/mol. The van der Waals surface area contributed by atoms with Crippen molar-refractivity contribution in [2.75, 3.05) is 32.8 Å². The average molecular weight is 259 g/mol. The summed E-state index contributed by atoms with van der Waals surface area (Å²) in [5.41, 5.74) is 2.91. The molecule has 1 heterocycles. The second-order valence-electron chi connectivity index (χ2n) is 5.20. The molecule has 0 atom stereocenters. The Morgan fingerprint density at radius 2 is 1.95 bits per heavy atom. The number of benzene rings is 1. The molecule has 1 aliphatic rings. The molecular weight excluding hydrogens is 234 g/mol. The van der Waals surface area contributed by atoms with E-state index >= 15 is 0 Å². The highest BCUT2D eigenvalue weighted by molar-refractivity contribution is 5.25. The lowest BCUT2D eigenvalue weighted by Crippen LogP contribution is -2.36. The van der Waals surface area contributed by atoms with Crippen LogP contribution in [0.1, 0.15) is 24.0 Å². The van der Waals surface area contributed by atoms with Gasteiger partial charge in [-0.1, -0.05) is 36.4 Å². The summed E-state index contributed by atoms with van der Waals surface area (Å²) in [6.07, 6.45) is 8.24. The minimum atomic E-state index is 0.890. The molecule has 104 valence electrons. The topological polar surface area (TPSA) is 12.5 Å². The maximum atomic E-state index is 5.34. The Bertz CT molecular complexity index is 394. The molecular formula is C17H25NO. The number of hydrogen-bond acceptors (Lipinski definition) is 2. The summed E-state index contributed by atoms with van der Waals surface area (Å²) < 4.78 is 5.34. The lowest BCUT2D eigenvalue weighted by molar-refractivity contribution is 0.0434. The minimum Gasteiger partial charge on any atom is -0.379 e. The zero-order valence-electron chi connectivity index (χ0n) is 12.0. The Morgan fingerprint density at radius 3 is 2.74 bits per heavy atom. The third-order valence-electron chi connectivity index (χ3n) is 3.71. The highest BCUT2D eigenvalue weighted by Gasteiger charge is 2.07. The highest BCUT2D eigenvalue weighted by atomic mass is 16.5. The largest absolute Gasteiger partial charge is 0.379 e. The van der Waals surface area contributed by atoms with E-state index in [1.807, 2.05) is 0 Å². The predicted octanol–water partition coefficient (Wildman–Crippen LogP) is 3.21. The standard InChI is InChI=1S/C17H25NO/c1-16-8-5-6-10-17(16)9-4-2-3-7-11-18-12-14-19-15-13-18/h3,5-8,10H,2,4,9,11-15H2,1H3/b7-3+. The first-order valence-corrected chi connectivity index (χ1v) is 7.36. The molecule has 0 radical (unpaired) electrons. The molecule has 0 amide bonds. The molecule has 2 heteroatoms. The zero-order chi connectivity index (χ0) is 13.3. The van der Waals surface area contributed by atoms with Crippen LogP contribution in [-0.4, -0.2) is 37.7 Å². The van der Waals surface area contributed by atoms with Gasteiger partial charge in [-0.05, 0) is 37.3 Å². The SMILES string of the molecule is Cc1ccccc1CCC/C=C/CN1CCOCC1. The van der Waals surface area contributed by atoms with Gasteiger partial charge in [0.05, 0.1) is 13.2 Å².